The number of ether oxygens (including phenoxy) is 1. The first-order valence-corrected chi connectivity index (χ1v) is 9.31. The quantitative estimate of drug-likeness (QED) is 0.621. The Labute approximate surface area is 168 Å². The van der Waals surface area contributed by atoms with Gasteiger partial charge in [-0.05, 0) is 62.2 Å². The van der Waals surface area contributed by atoms with Crippen molar-refractivity contribution in [2.45, 2.75) is 39.7 Å². The van der Waals surface area contributed by atoms with Crippen molar-refractivity contribution < 1.29 is 23.9 Å². The molecule has 7 heteroatoms. The second kappa shape index (κ2) is 8.26. The van der Waals surface area contributed by atoms with Crippen molar-refractivity contribution >= 4 is 35.1 Å². The number of nitrogens with zero attached hydrogens (tertiary/aromatic N) is 1. The molecule has 2 aromatic carbocycles. The minimum Gasteiger partial charge on any atom is -0.449 e. The molecule has 3 amide bonds. The van der Waals surface area contributed by atoms with E-state index in [1.165, 1.54) is 31.2 Å². The third kappa shape index (κ3) is 4.51. The lowest BCUT2D eigenvalue weighted by Gasteiger charge is -2.16. The Hall–Kier alpha value is -3.48. The van der Waals surface area contributed by atoms with E-state index in [-0.39, 0.29) is 30.2 Å². The number of carbonyl (C=O) groups excluding carboxylic acids is 4. The molecular weight excluding hydrogens is 372 g/mol. The summed E-state index contributed by atoms with van der Waals surface area (Å²) in [4.78, 5) is 49.4. The van der Waals surface area contributed by atoms with Gasteiger partial charge in [0.15, 0.2) is 6.10 Å². The van der Waals surface area contributed by atoms with E-state index in [0.717, 1.165) is 16.0 Å². The highest BCUT2D eigenvalue weighted by Crippen LogP contribution is 2.23. The van der Waals surface area contributed by atoms with Crippen molar-refractivity contribution in [1.82, 2.24) is 0 Å². The molecule has 2 aromatic rings. The summed E-state index contributed by atoms with van der Waals surface area (Å²) >= 11 is 0. The van der Waals surface area contributed by atoms with E-state index in [1.807, 2.05) is 32.0 Å². The summed E-state index contributed by atoms with van der Waals surface area (Å²) in [6, 6.07) is 11.6. The largest absolute Gasteiger partial charge is 0.449 e. The Morgan fingerprint density at radius 3 is 2.24 bits per heavy atom. The summed E-state index contributed by atoms with van der Waals surface area (Å²) in [5.41, 5.74) is 3.21. The predicted octanol–water partition coefficient (Wildman–Crippen LogP) is 3.14. The fourth-order valence-electron chi connectivity index (χ4n) is 3.00. The third-order valence-electron chi connectivity index (χ3n) is 4.72. The van der Waals surface area contributed by atoms with E-state index in [4.69, 9.17) is 4.74 Å². The van der Waals surface area contributed by atoms with Crippen molar-refractivity contribution in [3.8, 4) is 0 Å². The molecule has 0 unspecified atom stereocenters. The van der Waals surface area contributed by atoms with Crippen LogP contribution in [0.25, 0.3) is 0 Å². The Morgan fingerprint density at radius 2 is 1.62 bits per heavy atom. The maximum absolute atomic E-state index is 12.4. The third-order valence-corrected chi connectivity index (χ3v) is 4.72. The van der Waals surface area contributed by atoms with E-state index in [2.05, 4.69) is 5.32 Å². The molecule has 29 heavy (non-hydrogen) atoms. The number of amides is 3. The second-order valence-electron chi connectivity index (χ2n) is 7.02. The summed E-state index contributed by atoms with van der Waals surface area (Å²) in [6.45, 7) is 5.29. The molecule has 0 aromatic heterocycles. The normalized spacial score (nSPS) is 14.7. The highest BCUT2D eigenvalue weighted by atomic mass is 16.5. The molecule has 0 aliphatic carbocycles. The van der Waals surface area contributed by atoms with Gasteiger partial charge in [-0.2, -0.15) is 0 Å². The first-order chi connectivity index (χ1) is 13.8. The van der Waals surface area contributed by atoms with Crippen molar-refractivity contribution in [2.75, 3.05) is 10.2 Å². The zero-order valence-corrected chi connectivity index (χ0v) is 16.5. The van der Waals surface area contributed by atoms with Crippen LogP contribution in [0.1, 0.15) is 41.3 Å². The molecular formula is C22H22N2O5. The average molecular weight is 394 g/mol. The van der Waals surface area contributed by atoms with Crippen LogP contribution in [0.4, 0.5) is 11.4 Å². The van der Waals surface area contributed by atoms with Crippen LogP contribution in [0.2, 0.25) is 0 Å². The van der Waals surface area contributed by atoms with Gasteiger partial charge in [-0.15, -0.1) is 0 Å². The highest BCUT2D eigenvalue weighted by Gasteiger charge is 2.30. The first-order valence-electron chi connectivity index (χ1n) is 9.31. The Morgan fingerprint density at radius 1 is 1.00 bits per heavy atom. The molecule has 1 fully saturated rings. The number of hydrogen-bond acceptors (Lipinski definition) is 5. The predicted molar refractivity (Wildman–Crippen MR) is 108 cm³/mol. The minimum atomic E-state index is -0.996. The monoisotopic (exact) mass is 394 g/mol. The number of hydrogen-bond donors (Lipinski definition) is 1. The van der Waals surface area contributed by atoms with Gasteiger partial charge in [-0.1, -0.05) is 12.1 Å². The van der Waals surface area contributed by atoms with Gasteiger partial charge in [-0.3, -0.25) is 19.3 Å². The molecule has 150 valence electrons. The first kappa shape index (κ1) is 20.3. The van der Waals surface area contributed by atoms with Crippen LogP contribution in [-0.2, 0) is 19.1 Å². The fraction of sp³-hybridized carbons (Fsp3) is 0.273. The molecule has 0 spiro atoms. The van der Waals surface area contributed by atoms with Crippen LogP contribution < -0.4 is 10.2 Å². The molecule has 0 bridgehead atoms. The zero-order chi connectivity index (χ0) is 21.1. The fourth-order valence-corrected chi connectivity index (χ4v) is 3.00. The van der Waals surface area contributed by atoms with Crippen LogP contribution in [0.3, 0.4) is 0 Å². The van der Waals surface area contributed by atoms with Crippen LogP contribution in [0.15, 0.2) is 42.5 Å². The van der Waals surface area contributed by atoms with E-state index in [1.54, 1.807) is 0 Å². The number of rotatable bonds is 5. The van der Waals surface area contributed by atoms with Gasteiger partial charge in [0.25, 0.3) is 5.91 Å². The van der Waals surface area contributed by atoms with Crippen molar-refractivity contribution in [2.24, 2.45) is 0 Å². The number of benzene rings is 2. The Kier molecular flexibility index (Phi) is 5.77. The number of nitrogens with one attached hydrogen (secondary N) is 1. The van der Waals surface area contributed by atoms with Gasteiger partial charge in [0.2, 0.25) is 11.8 Å². The molecule has 0 radical (unpaired) electrons. The topological polar surface area (TPSA) is 92.8 Å². The summed E-state index contributed by atoms with van der Waals surface area (Å²) in [5.74, 6) is -1.62. The molecule has 3 rings (SSSR count). The number of aryl methyl sites for hydroxylation is 2. The standard InChI is InChI=1S/C22H22N2O5/c1-13-4-5-14(2)18(12-13)23-21(27)15(3)29-22(28)16-6-8-17(9-7-16)24-19(25)10-11-20(24)26/h4-9,12,15H,10-11H2,1-3H3,(H,23,27)/t15-/m0/s1. The van der Waals surface area contributed by atoms with Crippen LogP contribution >= 0.6 is 0 Å². The number of anilines is 2. The van der Waals surface area contributed by atoms with Crippen LogP contribution in [-0.4, -0.2) is 29.8 Å². The molecule has 1 aliphatic heterocycles. The van der Waals surface area contributed by atoms with Gasteiger partial charge in [0, 0.05) is 18.5 Å². The molecule has 1 aliphatic rings. The van der Waals surface area contributed by atoms with E-state index in [0.29, 0.717) is 11.4 Å². The van der Waals surface area contributed by atoms with Crippen molar-refractivity contribution in [1.29, 1.82) is 0 Å². The van der Waals surface area contributed by atoms with Crippen molar-refractivity contribution in [3.05, 3.63) is 59.2 Å². The van der Waals surface area contributed by atoms with Crippen molar-refractivity contribution in [3.63, 3.8) is 0 Å². The molecule has 1 atom stereocenters. The molecule has 1 heterocycles. The summed E-state index contributed by atoms with van der Waals surface area (Å²) in [6.07, 6.45) is -0.616. The maximum atomic E-state index is 12.4. The zero-order valence-electron chi connectivity index (χ0n) is 16.5. The van der Waals surface area contributed by atoms with Gasteiger partial charge < -0.3 is 10.1 Å². The lowest BCUT2D eigenvalue weighted by Crippen LogP contribution is -2.30. The summed E-state index contributed by atoms with van der Waals surface area (Å²) < 4.78 is 5.25. The Bertz CT molecular complexity index is 965. The van der Waals surface area contributed by atoms with Crippen LogP contribution in [0.5, 0.6) is 0 Å². The molecule has 1 N–H and O–H groups in total. The van der Waals surface area contributed by atoms with E-state index >= 15 is 0 Å². The maximum Gasteiger partial charge on any atom is 0.338 e. The summed E-state index contributed by atoms with van der Waals surface area (Å²) in [7, 11) is 0. The lowest BCUT2D eigenvalue weighted by molar-refractivity contribution is -0.124. The SMILES string of the molecule is Cc1ccc(C)c(NC(=O)[C@H](C)OC(=O)c2ccc(N3C(=O)CCC3=O)cc2)c1. The van der Waals surface area contributed by atoms with E-state index < -0.39 is 18.0 Å². The average Bonchev–Trinajstić information content (AvgIpc) is 3.03. The summed E-state index contributed by atoms with van der Waals surface area (Å²) in [5, 5.41) is 2.77. The molecule has 0 saturated carbocycles. The van der Waals surface area contributed by atoms with Gasteiger partial charge >= 0.3 is 5.97 Å². The minimum absolute atomic E-state index is 0.190. The number of carbonyl (C=O) groups is 4. The van der Waals surface area contributed by atoms with Crippen LogP contribution in [0, 0.1) is 13.8 Å². The Balaban J connectivity index is 1.63. The second-order valence-corrected chi connectivity index (χ2v) is 7.02. The van der Waals surface area contributed by atoms with Gasteiger partial charge in [-0.25, -0.2) is 4.79 Å². The smallest absolute Gasteiger partial charge is 0.338 e. The molecule has 1 saturated heterocycles. The molecule has 7 nitrogen and oxygen atoms in total. The number of esters is 1. The number of imide groups is 1. The van der Waals surface area contributed by atoms with E-state index in [9.17, 15) is 19.2 Å². The lowest BCUT2D eigenvalue weighted by atomic mass is 10.1. The highest BCUT2D eigenvalue weighted by molar-refractivity contribution is 6.19. The van der Waals surface area contributed by atoms with Gasteiger partial charge in [0.05, 0.1) is 11.3 Å². The van der Waals surface area contributed by atoms with Gasteiger partial charge in [0.1, 0.15) is 0 Å².